The third-order valence-corrected chi connectivity index (χ3v) is 10.3. The van der Waals surface area contributed by atoms with Gasteiger partial charge in [0.2, 0.25) is 0 Å². The van der Waals surface area contributed by atoms with Crippen LogP contribution in [0.4, 0.5) is 11.4 Å². The van der Waals surface area contributed by atoms with Crippen LogP contribution in [0.1, 0.15) is 5.56 Å². The van der Waals surface area contributed by atoms with Crippen molar-refractivity contribution in [3.05, 3.63) is 169 Å². The Morgan fingerprint density at radius 2 is 0.872 bits per heavy atom. The van der Waals surface area contributed by atoms with Gasteiger partial charge in [-0.2, -0.15) is 0 Å². The first kappa shape index (κ1) is 26.3. The number of rotatable bonds is 2. The van der Waals surface area contributed by atoms with Crippen molar-refractivity contribution in [2.24, 2.45) is 0 Å². The van der Waals surface area contributed by atoms with E-state index in [0.29, 0.717) is 0 Å². The monoisotopic (exact) mass is 597 g/mol. The summed E-state index contributed by atoms with van der Waals surface area (Å²) in [6.45, 7) is 0.935. The zero-order valence-corrected chi connectivity index (χ0v) is 25.9. The molecule has 0 bridgehead atoms. The Balaban J connectivity index is 1.22. The van der Waals surface area contributed by atoms with Crippen LogP contribution < -0.4 is 4.90 Å². The molecule has 0 aliphatic carbocycles. The minimum atomic E-state index is 0.935. The Kier molecular flexibility index (Phi) is 5.77. The molecule has 1 aliphatic rings. The Hall–Kier alpha value is -5.92. The van der Waals surface area contributed by atoms with E-state index >= 15 is 0 Å². The maximum atomic E-state index is 2.47. The van der Waals surface area contributed by atoms with Crippen molar-refractivity contribution in [2.45, 2.75) is 6.42 Å². The molecule has 1 heteroatoms. The van der Waals surface area contributed by atoms with Gasteiger partial charge in [0.25, 0.3) is 0 Å². The summed E-state index contributed by atoms with van der Waals surface area (Å²) < 4.78 is 0. The fraction of sp³-hybridized carbons (Fsp3) is 0.0435. The van der Waals surface area contributed by atoms with Crippen LogP contribution in [0.3, 0.4) is 0 Å². The predicted octanol–water partition coefficient (Wildman–Crippen LogP) is 12.5. The second-order valence-electron chi connectivity index (χ2n) is 12.8. The van der Waals surface area contributed by atoms with Gasteiger partial charge in [0.15, 0.2) is 0 Å². The molecule has 0 unspecified atom stereocenters. The van der Waals surface area contributed by atoms with E-state index in [1.807, 2.05) is 0 Å². The van der Waals surface area contributed by atoms with Crippen molar-refractivity contribution in [1.82, 2.24) is 0 Å². The van der Waals surface area contributed by atoms with E-state index in [1.54, 1.807) is 0 Å². The topological polar surface area (TPSA) is 3.24 Å². The minimum Gasteiger partial charge on any atom is -0.341 e. The summed E-state index contributed by atoms with van der Waals surface area (Å²) >= 11 is 0. The van der Waals surface area contributed by atoms with E-state index in [0.717, 1.165) is 13.0 Å². The first-order valence-corrected chi connectivity index (χ1v) is 16.6. The highest BCUT2D eigenvalue weighted by atomic mass is 15.1. The lowest BCUT2D eigenvalue weighted by Crippen LogP contribution is -2.19. The smallest absolute Gasteiger partial charge is 0.0490 e. The van der Waals surface area contributed by atoms with Crippen molar-refractivity contribution < 1.29 is 0 Å². The lowest BCUT2D eigenvalue weighted by atomic mass is 9.86. The van der Waals surface area contributed by atoms with Crippen molar-refractivity contribution in [1.29, 1.82) is 0 Å². The van der Waals surface area contributed by atoms with Gasteiger partial charge < -0.3 is 4.90 Å². The number of nitrogens with zero attached hydrogens (tertiary/aromatic N) is 1. The molecule has 0 radical (unpaired) electrons. The molecule has 0 saturated heterocycles. The van der Waals surface area contributed by atoms with E-state index < -0.39 is 0 Å². The summed E-state index contributed by atoms with van der Waals surface area (Å²) in [4.78, 5) is 2.47. The normalized spacial score (nSPS) is 12.9. The van der Waals surface area contributed by atoms with E-state index in [1.165, 1.54) is 93.1 Å². The van der Waals surface area contributed by atoms with E-state index in [9.17, 15) is 0 Å². The number of benzene rings is 9. The molecule has 0 N–H and O–H groups in total. The van der Waals surface area contributed by atoms with Gasteiger partial charge in [0.1, 0.15) is 0 Å². The molecule has 220 valence electrons. The highest BCUT2D eigenvalue weighted by Crippen LogP contribution is 2.45. The van der Waals surface area contributed by atoms with Crippen LogP contribution in [0.25, 0.3) is 76.1 Å². The fourth-order valence-electron chi connectivity index (χ4n) is 8.21. The summed E-state index contributed by atoms with van der Waals surface area (Å²) in [5, 5.41) is 13.2. The second-order valence-corrected chi connectivity index (χ2v) is 12.8. The highest BCUT2D eigenvalue weighted by molar-refractivity contribution is 6.39. The van der Waals surface area contributed by atoms with Crippen molar-refractivity contribution in [3.8, 4) is 22.3 Å². The average molecular weight is 598 g/mol. The predicted molar refractivity (Wildman–Crippen MR) is 202 cm³/mol. The fourth-order valence-corrected chi connectivity index (χ4v) is 8.21. The van der Waals surface area contributed by atoms with Gasteiger partial charge in [-0.05, 0) is 107 Å². The molecular formula is C46H31N. The standard InChI is InChI=1S/C46H31N/c1-2-12-33(13-3-1)47-27-26-32-28-30(22-24-34(32)39-17-10-11-21-44(39)47)31-23-25-38-37-16-6-8-19-41(37)45-40-18-7-4-14-35(40)36-15-5-9-20-42(36)46(45)43(38)29-31/h1-25,28-29H,26-27H2. The van der Waals surface area contributed by atoms with Crippen molar-refractivity contribution >= 4 is 65.2 Å². The Morgan fingerprint density at radius 3 is 1.55 bits per heavy atom. The number of para-hydroxylation sites is 2. The van der Waals surface area contributed by atoms with Crippen LogP contribution in [-0.2, 0) is 6.42 Å². The molecule has 0 fully saturated rings. The van der Waals surface area contributed by atoms with Crippen LogP contribution in [0, 0.1) is 0 Å². The average Bonchev–Trinajstić information content (AvgIpc) is 3.31. The van der Waals surface area contributed by atoms with Gasteiger partial charge in [-0.3, -0.25) is 0 Å². The van der Waals surface area contributed by atoms with E-state index in [4.69, 9.17) is 0 Å². The Bertz CT molecular complexity index is 2670. The van der Waals surface area contributed by atoms with Crippen LogP contribution >= 0.6 is 0 Å². The van der Waals surface area contributed by atoms with E-state index in [-0.39, 0.29) is 0 Å². The second kappa shape index (κ2) is 10.3. The molecule has 1 aliphatic heterocycles. The SMILES string of the molecule is c1ccc(N2CCc3cc(-c4ccc5c6ccccc6c6c7ccccc7c7ccccc7c6c5c4)ccc3-c3ccccc32)cc1. The summed E-state index contributed by atoms with van der Waals surface area (Å²) in [6, 6.07) is 60.7. The van der Waals surface area contributed by atoms with Crippen LogP contribution in [0.2, 0.25) is 0 Å². The quantitative estimate of drug-likeness (QED) is 0.179. The van der Waals surface area contributed by atoms with Gasteiger partial charge >= 0.3 is 0 Å². The molecule has 1 heterocycles. The van der Waals surface area contributed by atoms with Gasteiger partial charge in [-0.1, -0.05) is 140 Å². The number of hydrogen-bond acceptors (Lipinski definition) is 1. The molecule has 1 nitrogen and oxygen atoms in total. The first-order chi connectivity index (χ1) is 23.3. The van der Waals surface area contributed by atoms with E-state index in [2.05, 4.69) is 169 Å². The first-order valence-electron chi connectivity index (χ1n) is 16.6. The number of fused-ring (bicyclic) bond motifs is 14. The van der Waals surface area contributed by atoms with Gasteiger partial charge in [-0.15, -0.1) is 0 Å². The van der Waals surface area contributed by atoms with Crippen LogP contribution in [0.5, 0.6) is 0 Å². The van der Waals surface area contributed by atoms with Crippen molar-refractivity contribution in [2.75, 3.05) is 11.4 Å². The third kappa shape index (κ3) is 3.96. The molecule has 9 aromatic rings. The Labute approximate surface area is 273 Å². The summed E-state index contributed by atoms with van der Waals surface area (Å²) in [6.07, 6.45) is 0.977. The van der Waals surface area contributed by atoms with Crippen molar-refractivity contribution in [3.63, 3.8) is 0 Å². The molecule has 0 amide bonds. The Morgan fingerprint density at radius 1 is 0.362 bits per heavy atom. The number of anilines is 2. The zero-order chi connectivity index (χ0) is 30.9. The summed E-state index contributed by atoms with van der Waals surface area (Å²) in [7, 11) is 0. The van der Waals surface area contributed by atoms with Gasteiger partial charge in [0.05, 0.1) is 0 Å². The largest absolute Gasteiger partial charge is 0.341 e. The van der Waals surface area contributed by atoms with Crippen LogP contribution in [0.15, 0.2) is 164 Å². The van der Waals surface area contributed by atoms with Crippen LogP contribution in [-0.4, -0.2) is 6.54 Å². The third-order valence-electron chi connectivity index (χ3n) is 10.3. The molecule has 10 rings (SSSR count). The molecule has 0 saturated carbocycles. The lowest BCUT2D eigenvalue weighted by molar-refractivity contribution is 0.928. The summed E-state index contributed by atoms with van der Waals surface area (Å²) in [5.74, 6) is 0. The lowest BCUT2D eigenvalue weighted by Gasteiger charge is -2.25. The summed E-state index contributed by atoms with van der Waals surface area (Å²) in [5.41, 5.74) is 9.06. The maximum absolute atomic E-state index is 2.47. The molecule has 9 aromatic carbocycles. The molecule has 0 spiro atoms. The van der Waals surface area contributed by atoms with Gasteiger partial charge in [0, 0.05) is 23.5 Å². The molecule has 0 atom stereocenters. The molecule has 47 heavy (non-hydrogen) atoms. The zero-order valence-electron chi connectivity index (χ0n) is 25.9. The highest BCUT2D eigenvalue weighted by Gasteiger charge is 2.22. The maximum Gasteiger partial charge on any atom is 0.0490 e. The minimum absolute atomic E-state index is 0.935. The number of hydrogen-bond donors (Lipinski definition) is 0. The molecular weight excluding hydrogens is 567 g/mol. The molecule has 0 aromatic heterocycles. The van der Waals surface area contributed by atoms with Gasteiger partial charge in [-0.25, -0.2) is 0 Å².